The van der Waals surface area contributed by atoms with Crippen LogP contribution in [0, 0.1) is 0 Å². The highest BCUT2D eigenvalue weighted by Crippen LogP contribution is 2.13. The Morgan fingerprint density at radius 2 is 1.63 bits per heavy atom. The molecular formula is C14H11NO4. The highest BCUT2D eigenvalue weighted by Gasteiger charge is 2.17. The van der Waals surface area contributed by atoms with Gasteiger partial charge in [-0.05, 0) is 11.6 Å². The van der Waals surface area contributed by atoms with Crippen LogP contribution in [-0.2, 0) is 6.42 Å². The maximum absolute atomic E-state index is 11.0. The molecule has 0 aliphatic rings. The molecular weight excluding hydrogens is 246 g/mol. The minimum Gasteiger partial charge on any atom is -0.478 e. The van der Waals surface area contributed by atoms with Gasteiger partial charge in [-0.15, -0.1) is 0 Å². The van der Waals surface area contributed by atoms with Crippen molar-refractivity contribution in [1.29, 1.82) is 0 Å². The first-order chi connectivity index (χ1) is 9.08. The molecule has 5 nitrogen and oxygen atoms in total. The standard InChI is InChI=1S/C14H11NO4/c16-13(17)11-7-10(15-8-12(11)14(18)19)6-9-4-2-1-3-5-9/h1-5,7-8H,6H2,(H,16,17)(H,18,19). The molecule has 0 amide bonds. The third-order valence-corrected chi connectivity index (χ3v) is 2.65. The summed E-state index contributed by atoms with van der Waals surface area (Å²) in [5.74, 6) is -2.56. The molecule has 1 aromatic heterocycles. The lowest BCUT2D eigenvalue weighted by atomic mass is 10.1. The van der Waals surface area contributed by atoms with Crippen molar-refractivity contribution in [2.45, 2.75) is 6.42 Å². The second-order valence-corrected chi connectivity index (χ2v) is 3.99. The predicted octanol–water partition coefficient (Wildman–Crippen LogP) is 2.07. The van der Waals surface area contributed by atoms with Crippen molar-refractivity contribution in [2.24, 2.45) is 0 Å². The van der Waals surface area contributed by atoms with Gasteiger partial charge in [0.25, 0.3) is 0 Å². The molecule has 0 fully saturated rings. The lowest BCUT2D eigenvalue weighted by Gasteiger charge is -2.05. The third-order valence-electron chi connectivity index (χ3n) is 2.65. The van der Waals surface area contributed by atoms with E-state index in [9.17, 15) is 9.59 Å². The zero-order chi connectivity index (χ0) is 13.8. The summed E-state index contributed by atoms with van der Waals surface area (Å²) >= 11 is 0. The first kappa shape index (κ1) is 12.8. The van der Waals surface area contributed by atoms with Gasteiger partial charge in [-0.25, -0.2) is 9.59 Å². The summed E-state index contributed by atoms with van der Waals surface area (Å²) in [6.07, 6.45) is 1.55. The number of nitrogens with zero attached hydrogens (tertiary/aromatic N) is 1. The van der Waals surface area contributed by atoms with E-state index in [1.165, 1.54) is 6.07 Å². The summed E-state index contributed by atoms with van der Waals surface area (Å²) in [6, 6.07) is 10.7. The quantitative estimate of drug-likeness (QED) is 0.875. The summed E-state index contributed by atoms with van der Waals surface area (Å²) in [7, 11) is 0. The number of aromatic carboxylic acids is 2. The average Bonchev–Trinajstić information content (AvgIpc) is 2.39. The fourth-order valence-corrected chi connectivity index (χ4v) is 1.75. The van der Waals surface area contributed by atoms with Gasteiger partial charge in [-0.3, -0.25) is 4.98 Å². The fourth-order valence-electron chi connectivity index (χ4n) is 1.75. The molecule has 0 aliphatic heterocycles. The summed E-state index contributed by atoms with van der Waals surface area (Å²) in [5.41, 5.74) is 0.959. The lowest BCUT2D eigenvalue weighted by molar-refractivity contribution is 0.0651. The van der Waals surface area contributed by atoms with E-state index in [4.69, 9.17) is 10.2 Å². The number of benzene rings is 1. The third kappa shape index (κ3) is 2.95. The maximum atomic E-state index is 11.0. The Kier molecular flexibility index (Phi) is 3.56. The largest absolute Gasteiger partial charge is 0.478 e. The zero-order valence-corrected chi connectivity index (χ0v) is 9.91. The van der Waals surface area contributed by atoms with Crippen LogP contribution < -0.4 is 0 Å². The number of hydrogen-bond donors (Lipinski definition) is 2. The molecule has 0 atom stereocenters. The van der Waals surface area contributed by atoms with Crippen LogP contribution in [-0.4, -0.2) is 27.1 Å². The monoisotopic (exact) mass is 257 g/mol. The zero-order valence-electron chi connectivity index (χ0n) is 9.91. The highest BCUT2D eigenvalue weighted by atomic mass is 16.4. The molecule has 2 N–H and O–H groups in total. The Labute approximate surface area is 109 Å². The van der Waals surface area contributed by atoms with Crippen molar-refractivity contribution in [2.75, 3.05) is 0 Å². The molecule has 0 unspecified atom stereocenters. The van der Waals surface area contributed by atoms with E-state index in [1.807, 2.05) is 30.3 Å². The van der Waals surface area contributed by atoms with E-state index in [0.717, 1.165) is 11.8 Å². The van der Waals surface area contributed by atoms with Crippen LogP contribution in [0.2, 0.25) is 0 Å². The van der Waals surface area contributed by atoms with Gasteiger partial charge >= 0.3 is 11.9 Å². The Balaban J connectivity index is 2.36. The minimum atomic E-state index is -1.30. The van der Waals surface area contributed by atoms with E-state index in [-0.39, 0.29) is 11.1 Å². The number of carboxylic acid groups (broad SMARTS) is 2. The Morgan fingerprint density at radius 3 is 2.21 bits per heavy atom. The Bertz CT molecular complexity index is 623. The molecule has 0 saturated carbocycles. The molecule has 0 radical (unpaired) electrons. The molecule has 19 heavy (non-hydrogen) atoms. The molecule has 0 bridgehead atoms. The van der Waals surface area contributed by atoms with E-state index < -0.39 is 11.9 Å². The minimum absolute atomic E-state index is 0.242. The van der Waals surface area contributed by atoms with E-state index in [1.54, 1.807) is 0 Å². The number of rotatable bonds is 4. The number of aromatic nitrogens is 1. The summed E-state index contributed by atoms with van der Waals surface area (Å²) in [4.78, 5) is 25.9. The first-order valence-electron chi connectivity index (χ1n) is 5.57. The Hall–Kier alpha value is -2.69. The van der Waals surface area contributed by atoms with E-state index >= 15 is 0 Å². The van der Waals surface area contributed by atoms with Crippen LogP contribution in [0.4, 0.5) is 0 Å². The predicted molar refractivity (Wildman–Crippen MR) is 67.4 cm³/mol. The van der Waals surface area contributed by atoms with Crippen molar-refractivity contribution in [1.82, 2.24) is 4.98 Å². The van der Waals surface area contributed by atoms with Crippen LogP contribution in [0.5, 0.6) is 0 Å². The fraction of sp³-hybridized carbons (Fsp3) is 0.0714. The molecule has 0 saturated heterocycles. The summed E-state index contributed by atoms with van der Waals surface area (Å²) < 4.78 is 0. The van der Waals surface area contributed by atoms with Gasteiger partial charge < -0.3 is 10.2 Å². The van der Waals surface area contributed by atoms with Crippen LogP contribution in [0.15, 0.2) is 42.6 Å². The summed E-state index contributed by atoms with van der Waals surface area (Å²) in [6.45, 7) is 0. The number of hydrogen-bond acceptors (Lipinski definition) is 3. The van der Waals surface area contributed by atoms with Crippen molar-refractivity contribution in [3.05, 3.63) is 65.0 Å². The van der Waals surface area contributed by atoms with Gasteiger partial charge in [0, 0.05) is 18.3 Å². The maximum Gasteiger partial charge on any atom is 0.338 e. The van der Waals surface area contributed by atoms with Crippen molar-refractivity contribution < 1.29 is 19.8 Å². The molecule has 1 aromatic carbocycles. The van der Waals surface area contributed by atoms with E-state index in [0.29, 0.717) is 12.1 Å². The van der Waals surface area contributed by atoms with Crippen LogP contribution in [0.3, 0.4) is 0 Å². The second-order valence-electron chi connectivity index (χ2n) is 3.99. The lowest BCUT2D eigenvalue weighted by Crippen LogP contribution is -2.10. The number of carbonyl (C=O) groups is 2. The van der Waals surface area contributed by atoms with Gasteiger partial charge in [0.05, 0.1) is 11.1 Å². The highest BCUT2D eigenvalue weighted by molar-refractivity contribution is 6.01. The van der Waals surface area contributed by atoms with Gasteiger partial charge in [0.2, 0.25) is 0 Å². The van der Waals surface area contributed by atoms with Gasteiger partial charge in [0.15, 0.2) is 0 Å². The van der Waals surface area contributed by atoms with Crippen molar-refractivity contribution in [3.63, 3.8) is 0 Å². The molecule has 2 rings (SSSR count). The normalized spacial score (nSPS) is 10.1. The molecule has 2 aromatic rings. The van der Waals surface area contributed by atoms with Crippen molar-refractivity contribution in [3.8, 4) is 0 Å². The topological polar surface area (TPSA) is 87.5 Å². The second kappa shape index (κ2) is 5.30. The molecule has 96 valence electrons. The van der Waals surface area contributed by atoms with Gasteiger partial charge in [0.1, 0.15) is 0 Å². The van der Waals surface area contributed by atoms with Crippen molar-refractivity contribution >= 4 is 11.9 Å². The average molecular weight is 257 g/mol. The molecule has 5 heteroatoms. The number of pyridine rings is 1. The molecule has 1 heterocycles. The molecule has 0 aliphatic carbocycles. The van der Waals surface area contributed by atoms with Gasteiger partial charge in [-0.2, -0.15) is 0 Å². The van der Waals surface area contributed by atoms with E-state index in [2.05, 4.69) is 4.98 Å². The van der Waals surface area contributed by atoms with Gasteiger partial charge in [-0.1, -0.05) is 30.3 Å². The van der Waals surface area contributed by atoms with Crippen LogP contribution in [0.25, 0.3) is 0 Å². The smallest absolute Gasteiger partial charge is 0.338 e. The first-order valence-corrected chi connectivity index (χ1v) is 5.57. The molecule has 0 spiro atoms. The Morgan fingerprint density at radius 1 is 1.00 bits per heavy atom. The SMILES string of the molecule is O=C(O)c1cnc(Cc2ccccc2)cc1C(=O)O. The van der Waals surface area contributed by atoms with Crippen LogP contribution in [0.1, 0.15) is 32.0 Å². The summed E-state index contributed by atoms with van der Waals surface area (Å²) in [5, 5.41) is 17.9. The van der Waals surface area contributed by atoms with Crippen LogP contribution >= 0.6 is 0 Å². The number of carboxylic acids is 2.